The van der Waals surface area contributed by atoms with Crippen LogP contribution >= 0.6 is 0 Å². The van der Waals surface area contributed by atoms with Gasteiger partial charge in [-0.25, -0.2) is 0 Å². The number of aliphatic hydroxyl groups is 1. The normalized spacial score (nSPS) is 13.3. The third-order valence-electron chi connectivity index (χ3n) is 2.73. The molecule has 0 fully saturated rings. The molecular formula is C14H12F3NO. The average molecular weight is 267 g/mol. The molecule has 0 aliphatic heterocycles. The molecule has 0 amide bonds. The van der Waals surface area contributed by atoms with E-state index in [2.05, 4.69) is 4.98 Å². The molecule has 2 rings (SSSR count). The molecule has 1 atom stereocenters. The van der Waals surface area contributed by atoms with E-state index >= 15 is 0 Å². The minimum absolute atomic E-state index is 0.0495. The second kappa shape index (κ2) is 5.40. The molecule has 0 saturated carbocycles. The van der Waals surface area contributed by atoms with Crippen molar-refractivity contribution in [3.05, 3.63) is 65.5 Å². The summed E-state index contributed by atoms with van der Waals surface area (Å²) in [4.78, 5) is 3.86. The molecule has 0 saturated heterocycles. The van der Waals surface area contributed by atoms with Gasteiger partial charge in [-0.3, -0.25) is 4.98 Å². The molecule has 1 N–H and O–H groups in total. The molecule has 1 unspecified atom stereocenters. The lowest BCUT2D eigenvalue weighted by Crippen LogP contribution is -2.08. The van der Waals surface area contributed by atoms with Crippen LogP contribution in [0.2, 0.25) is 0 Å². The molecule has 1 heterocycles. The van der Waals surface area contributed by atoms with Crippen molar-refractivity contribution in [2.24, 2.45) is 0 Å². The van der Waals surface area contributed by atoms with Crippen molar-refractivity contribution in [3.63, 3.8) is 0 Å². The molecule has 2 aromatic rings. The van der Waals surface area contributed by atoms with E-state index in [1.165, 1.54) is 0 Å². The van der Waals surface area contributed by atoms with Gasteiger partial charge < -0.3 is 5.11 Å². The van der Waals surface area contributed by atoms with E-state index in [1.54, 1.807) is 30.3 Å². The molecule has 0 aliphatic carbocycles. The van der Waals surface area contributed by atoms with Gasteiger partial charge in [-0.05, 0) is 17.7 Å². The van der Waals surface area contributed by atoms with Crippen LogP contribution in [0.3, 0.4) is 0 Å². The first-order chi connectivity index (χ1) is 8.97. The second-order valence-electron chi connectivity index (χ2n) is 4.16. The van der Waals surface area contributed by atoms with Crippen molar-refractivity contribution in [2.45, 2.75) is 18.7 Å². The Bertz CT molecular complexity index is 540. The van der Waals surface area contributed by atoms with Crippen LogP contribution in [0.1, 0.15) is 22.9 Å². The van der Waals surface area contributed by atoms with Gasteiger partial charge in [0.05, 0.1) is 11.7 Å². The van der Waals surface area contributed by atoms with Crippen LogP contribution in [0, 0.1) is 0 Å². The summed E-state index contributed by atoms with van der Waals surface area (Å²) in [6, 6.07) is 10.6. The number of rotatable bonds is 3. The average Bonchev–Trinajstić information content (AvgIpc) is 2.39. The lowest BCUT2D eigenvalue weighted by Gasteiger charge is -2.12. The van der Waals surface area contributed by atoms with Crippen molar-refractivity contribution >= 4 is 0 Å². The largest absolute Gasteiger partial charge is 0.416 e. The van der Waals surface area contributed by atoms with Gasteiger partial charge in [-0.2, -0.15) is 13.2 Å². The number of aromatic nitrogens is 1. The van der Waals surface area contributed by atoms with E-state index in [0.717, 1.165) is 18.3 Å². The first kappa shape index (κ1) is 13.5. The number of hydrogen-bond acceptors (Lipinski definition) is 2. The molecule has 0 aliphatic rings. The third kappa shape index (κ3) is 3.54. The number of halogens is 3. The number of nitrogens with zero attached hydrogens (tertiary/aromatic N) is 1. The summed E-state index contributed by atoms with van der Waals surface area (Å²) in [5.41, 5.74) is 0.116. The van der Waals surface area contributed by atoms with Crippen molar-refractivity contribution < 1.29 is 18.3 Å². The standard InChI is InChI=1S/C14H12F3NO/c15-14(16,17)11-6-7-18-12(8-11)9-13(19)10-4-2-1-3-5-10/h1-8,13,19H,9H2. The van der Waals surface area contributed by atoms with Crippen LogP contribution in [-0.4, -0.2) is 10.1 Å². The van der Waals surface area contributed by atoms with E-state index in [9.17, 15) is 18.3 Å². The summed E-state index contributed by atoms with van der Waals surface area (Å²) in [6.07, 6.45) is -4.10. The zero-order valence-corrected chi connectivity index (χ0v) is 9.93. The van der Waals surface area contributed by atoms with Crippen LogP contribution in [0.15, 0.2) is 48.7 Å². The minimum Gasteiger partial charge on any atom is -0.388 e. The summed E-state index contributed by atoms with van der Waals surface area (Å²) in [5.74, 6) is 0. The first-order valence-electron chi connectivity index (χ1n) is 5.72. The highest BCUT2D eigenvalue weighted by atomic mass is 19.4. The summed E-state index contributed by atoms with van der Waals surface area (Å²) in [7, 11) is 0. The Balaban J connectivity index is 2.16. The molecule has 0 radical (unpaired) electrons. The maximum absolute atomic E-state index is 12.5. The van der Waals surface area contributed by atoms with E-state index in [0.29, 0.717) is 5.56 Å². The molecule has 5 heteroatoms. The fourth-order valence-corrected chi connectivity index (χ4v) is 1.76. The molecule has 0 spiro atoms. The lowest BCUT2D eigenvalue weighted by atomic mass is 10.0. The number of aliphatic hydroxyl groups excluding tert-OH is 1. The third-order valence-corrected chi connectivity index (χ3v) is 2.73. The molecule has 1 aromatic carbocycles. The van der Waals surface area contributed by atoms with Gasteiger partial charge in [-0.1, -0.05) is 30.3 Å². The summed E-state index contributed by atoms with van der Waals surface area (Å²) >= 11 is 0. The molecular weight excluding hydrogens is 255 g/mol. The quantitative estimate of drug-likeness (QED) is 0.924. The Labute approximate surface area is 108 Å². The monoisotopic (exact) mass is 267 g/mol. The second-order valence-corrected chi connectivity index (χ2v) is 4.16. The van der Waals surface area contributed by atoms with Gasteiger partial charge in [0.15, 0.2) is 0 Å². The van der Waals surface area contributed by atoms with Gasteiger partial charge in [0.2, 0.25) is 0 Å². The number of pyridine rings is 1. The zero-order chi connectivity index (χ0) is 13.9. The minimum atomic E-state index is -4.39. The van der Waals surface area contributed by atoms with Gasteiger partial charge in [0, 0.05) is 18.3 Å². The Morgan fingerprint density at radius 2 is 1.79 bits per heavy atom. The number of hydrogen-bond donors (Lipinski definition) is 1. The fourth-order valence-electron chi connectivity index (χ4n) is 1.76. The maximum atomic E-state index is 12.5. The Morgan fingerprint density at radius 3 is 2.42 bits per heavy atom. The lowest BCUT2D eigenvalue weighted by molar-refractivity contribution is -0.137. The van der Waals surface area contributed by atoms with Crippen LogP contribution < -0.4 is 0 Å². The Kier molecular flexibility index (Phi) is 3.85. The number of benzene rings is 1. The fraction of sp³-hybridized carbons (Fsp3) is 0.214. The van der Waals surface area contributed by atoms with E-state index in [4.69, 9.17) is 0 Å². The first-order valence-corrected chi connectivity index (χ1v) is 5.72. The summed E-state index contributed by atoms with van der Waals surface area (Å²) < 4.78 is 37.6. The van der Waals surface area contributed by atoms with E-state index in [1.807, 2.05) is 0 Å². The van der Waals surface area contributed by atoms with Crippen molar-refractivity contribution in [3.8, 4) is 0 Å². The SMILES string of the molecule is OC(Cc1cc(C(F)(F)F)ccn1)c1ccccc1. The molecule has 100 valence electrons. The van der Waals surface area contributed by atoms with E-state index in [-0.39, 0.29) is 12.1 Å². The predicted molar refractivity (Wildman–Crippen MR) is 64.3 cm³/mol. The van der Waals surface area contributed by atoms with Crippen molar-refractivity contribution in [1.29, 1.82) is 0 Å². The molecule has 19 heavy (non-hydrogen) atoms. The molecule has 2 nitrogen and oxygen atoms in total. The van der Waals surface area contributed by atoms with Crippen LogP contribution in [-0.2, 0) is 12.6 Å². The predicted octanol–water partition coefficient (Wildman–Crippen LogP) is 3.38. The zero-order valence-electron chi connectivity index (χ0n) is 9.93. The highest BCUT2D eigenvalue weighted by Gasteiger charge is 2.30. The summed E-state index contributed by atoms with van der Waals surface area (Å²) in [5, 5.41) is 9.95. The van der Waals surface area contributed by atoms with E-state index < -0.39 is 17.8 Å². The summed E-state index contributed by atoms with van der Waals surface area (Å²) in [6.45, 7) is 0. The Morgan fingerprint density at radius 1 is 1.11 bits per heavy atom. The van der Waals surface area contributed by atoms with Crippen LogP contribution in [0.4, 0.5) is 13.2 Å². The van der Waals surface area contributed by atoms with Gasteiger partial charge >= 0.3 is 6.18 Å². The highest BCUT2D eigenvalue weighted by molar-refractivity contribution is 5.23. The molecule has 0 bridgehead atoms. The van der Waals surface area contributed by atoms with Gasteiger partial charge in [0.25, 0.3) is 0 Å². The van der Waals surface area contributed by atoms with Crippen LogP contribution in [0.25, 0.3) is 0 Å². The topological polar surface area (TPSA) is 33.1 Å². The Hall–Kier alpha value is -1.88. The van der Waals surface area contributed by atoms with Gasteiger partial charge in [-0.15, -0.1) is 0 Å². The van der Waals surface area contributed by atoms with Crippen molar-refractivity contribution in [2.75, 3.05) is 0 Å². The van der Waals surface area contributed by atoms with Crippen LogP contribution in [0.5, 0.6) is 0 Å². The van der Waals surface area contributed by atoms with Gasteiger partial charge in [0.1, 0.15) is 0 Å². The molecule has 1 aromatic heterocycles. The number of alkyl halides is 3. The van der Waals surface area contributed by atoms with Crippen molar-refractivity contribution in [1.82, 2.24) is 4.98 Å². The highest BCUT2D eigenvalue weighted by Crippen LogP contribution is 2.29. The maximum Gasteiger partial charge on any atom is 0.416 e. The smallest absolute Gasteiger partial charge is 0.388 e.